The fourth-order valence-electron chi connectivity index (χ4n) is 4.57. The molecule has 5 nitrogen and oxygen atoms in total. The van der Waals surface area contributed by atoms with Crippen molar-refractivity contribution in [3.63, 3.8) is 0 Å². The second-order valence-corrected chi connectivity index (χ2v) is 8.37. The molecule has 2 aliphatic rings. The van der Waals surface area contributed by atoms with Gasteiger partial charge in [0.05, 0.1) is 6.54 Å². The SMILES string of the molecule is CCNC(=NCC1(NC(C)c2ccccc2)CCOCC1)N1CCc2ccccc21.I. The van der Waals surface area contributed by atoms with E-state index in [1.165, 1.54) is 16.8 Å². The van der Waals surface area contributed by atoms with Crippen molar-refractivity contribution in [3.05, 3.63) is 65.7 Å². The molecule has 2 N–H and O–H groups in total. The number of fused-ring (bicyclic) bond motifs is 1. The van der Waals surface area contributed by atoms with E-state index < -0.39 is 0 Å². The third-order valence-corrected chi connectivity index (χ3v) is 6.28. The van der Waals surface area contributed by atoms with Gasteiger partial charge in [0, 0.05) is 43.6 Å². The van der Waals surface area contributed by atoms with Crippen molar-refractivity contribution in [2.45, 2.75) is 44.7 Å². The minimum Gasteiger partial charge on any atom is -0.381 e. The second-order valence-electron chi connectivity index (χ2n) is 8.37. The second kappa shape index (κ2) is 11.3. The Hall–Kier alpha value is -1.64. The highest BCUT2D eigenvalue weighted by Crippen LogP contribution is 2.29. The Balaban J connectivity index is 0.00000272. The summed E-state index contributed by atoms with van der Waals surface area (Å²) >= 11 is 0. The van der Waals surface area contributed by atoms with Gasteiger partial charge in [-0.3, -0.25) is 4.99 Å². The summed E-state index contributed by atoms with van der Waals surface area (Å²) in [5.74, 6) is 0.988. The number of ether oxygens (including phenoxy) is 1. The first-order valence-electron chi connectivity index (χ1n) is 11.2. The Labute approximate surface area is 203 Å². The third kappa shape index (κ3) is 5.79. The Bertz CT molecular complexity index is 852. The lowest BCUT2D eigenvalue weighted by Gasteiger charge is -2.40. The average Bonchev–Trinajstić information content (AvgIpc) is 3.22. The van der Waals surface area contributed by atoms with Gasteiger partial charge in [-0.25, -0.2) is 0 Å². The molecule has 0 bridgehead atoms. The van der Waals surface area contributed by atoms with Crippen molar-refractivity contribution in [3.8, 4) is 0 Å². The molecule has 2 heterocycles. The molecule has 2 aromatic rings. The quantitative estimate of drug-likeness (QED) is 0.325. The number of nitrogens with zero attached hydrogens (tertiary/aromatic N) is 2. The van der Waals surface area contributed by atoms with Crippen molar-refractivity contribution in [1.82, 2.24) is 10.6 Å². The van der Waals surface area contributed by atoms with Crippen molar-refractivity contribution in [2.24, 2.45) is 4.99 Å². The maximum absolute atomic E-state index is 5.70. The van der Waals surface area contributed by atoms with Gasteiger partial charge in [0.25, 0.3) is 0 Å². The minimum atomic E-state index is -0.0482. The molecule has 31 heavy (non-hydrogen) atoms. The molecular weight excluding hydrogens is 499 g/mol. The van der Waals surface area contributed by atoms with Crippen LogP contribution < -0.4 is 15.5 Å². The molecule has 1 fully saturated rings. The van der Waals surface area contributed by atoms with Crippen LogP contribution in [-0.2, 0) is 11.2 Å². The molecule has 2 aliphatic heterocycles. The molecule has 4 rings (SSSR count). The number of aliphatic imine (C=N–C) groups is 1. The van der Waals surface area contributed by atoms with Gasteiger partial charge >= 0.3 is 0 Å². The monoisotopic (exact) mass is 534 g/mol. The average molecular weight is 534 g/mol. The molecule has 6 heteroatoms. The van der Waals surface area contributed by atoms with Crippen LogP contribution in [-0.4, -0.2) is 44.3 Å². The number of benzene rings is 2. The molecule has 1 unspecified atom stereocenters. The summed E-state index contributed by atoms with van der Waals surface area (Å²) in [5.41, 5.74) is 3.95. The summed E-state index contributed by atoms with van der Waals surface area (Å²) in [4.78, 5) is 7.49. The predicted molar refractivity (Wildman–Crippen MR) is 140 cm³/mol. The number of halogens is 1. The van der Waals surface area contributed by atoms with E-state index in [-0.39, 0.29) is 35.6 Å². The zero-order valence-electron chi connectivity index (χ0n) is 18.6. The molecule has 1 saturated heterocycles. The minimum absolute atomic E-state index is 0. The van der Waals surface area contributed by atoms with Crippen LogP contribution >= 0.6 is 24.0 Å². The number of anilines is 1. The Morgan fingerprint density at radius 2 is 1.81 bits per heavy atom. The predicted octanol–water partition coefficient (Wildman–Crippen LogP) is 4.53. The lowest BCUT2D eigenvalue weighted by atomic mass is 9.88. The van der Waals surface area contributed by atoms with Gasteiger partial charge < -0.3 is 20.3 Å². The third-order valence-electron chi connectivity index (χ3n) is 6.28. The number of guanidine groups is 1. The van der Waals surface area contributed by atoms with Crippen LogP contribution in [0.25, 0.3) is 0 Å². The largest absolute Gasteiger partial charge is 0.381 e. The van der Waals surface area contributed by atoms with Crippen LogP contribution in [0.2, 0.25) is 0 Å². The molecule has 1 atom stereocenters. The first-order valence-corrected chi connectivity index (χ1v) is 11.2. The van der Waals surface area contributed by atoms with Crippen LogP contribution in [0, 0.1) is 0 Å². The molecule has 168 valence electrons. The van der Waals surface area contributed by atoms with Gasteiger partial charge in [0.15, 0.2) is 5.96 Å². The van der Waals surface area contributed by atoms with Crippen molar-refractivity contribution >= 4 is 35.6 Å². The molecular formula is C25H35IN4O. The summed E-state index contributed by atoms with van der Waals surface area (Å²) in [6.45, 7) is 8.54. The smallest absolute Gasteiger partial charge is 0.198 e. The number of rotatable bonds is 6. The lowest BCUT2D eigenvalue weighted by molar-refractivity contribution is 0.0374. The number of hydrogen-bond acceptors (Lipinski definition) is 3. The van der Waals surface area contributed by atoms with Crippen LogP contribution in [0.5, 0.6) is 0 Å². The molecule has 0 aromatic heterocycles. The van der Waals surface area contributed by atoms with E-state index >= 15 is 0 Å². The molecule has 2 aromatic carbocycles. The zero-order valence-corrected chi connectivity index (χ0v) is 21.0. The summed E-state index contributed by atoms with van der Waals surface area (Å²) in [5, 5.41) is 7.45. The van der Waals surface area contributed by atoms with E-state index in [1.807, 2.05) is 0 Å². The first-order chi connectivity index (χ1) is 14.7. The summed E-state index contributed by atoms with van der Waals surface area (Å²) in [6, 6.07) is 19.6. The summed E-state index contributed by atoms with van der Waals surface area (Å²) in [6.07, 6.45) is 3.02. The van der Waals surface area contributed by atoms with E-state index in [0.717, 1.165) is 58.1 Å². The van der Waals surface area contributed by atoms with Gasteiger partial charge in [0.2, 0.25) is 0 Å². The van der Waals surface area contributed by atoms with E-state index in [0.29, 0.717) is 0 Å². The highest BCUT2D eigenvalue weighted by molar-refractivity contribution is 14.0. The first kappa shape index (κ1) is 24.0. The number of para-hydroxylation sites is 1. The molecule has 0 radical (unpaired) electrons. The molecule has 0 amide bonds. The Morgan fingerprint density at radius 3 is 2.55 bits per heavy atom. The van der Waals surface area contributed by atoms with E-state index in [2.05, 4.69) is 84.0 Å². The fraction of sp³-hybridized carbons (Fsp3) is 0.480. The van der Waals surface area contributed by atoms with Gasteiger partial charge in [-0.05, 0) is 50.3 Å². The molecule has 0 aliphatic carbocycles. The maximum Gasteiger partial charge on any atom is 0.198 e. The van der Waals surface area contributed by atoms with Gasteiger partial charge in [-0.2, -0.15) is 0 Å². The van der Waals surface area contributed by atoms with E-state index in [9.17, 15) is 0 Å². The van der Waals surface area contributed by atoms with E-state index in [4.69, 9.17) is 9.73 Å². The highest BCUT2D eigenvalue weighted by Gasteiger charge is 2.34. The molecule has 0 saturated carbocycles. The fourth-order valence-corrected chi connectivity index (χ4v) is 4.57. The lowest BCUT2D eigenvalue weighted by Crippen LogP contribution is -2.53. The maximum atomic E-state index is 5.70. The summed E-state index contributed by atoms with van der Waals surface area (Å²) in [7, 11) is 0. The van der Waals surface area contributed by atoms with Crippen molar-refractivity contribution < 1.29 is 4.74 Å². The Kier molecular flexibility index (Phi) is 8.75. The van der Waals surface area contributed by atoms with Gasteiger partial charge in [0.1, 0.15) is 0 Å². The van der Waals surface area contributed by atoms with Crippen LogP contribution in [0.4, 0.5) is 5.69 Å². The Morgan fingerprint density at radius 1 is 1.10 bits per heavy atom. The van der Waals surface area contributed by atoms with Crippen LogP contribution in [0.3, 0.4) is 0 Å². The van der Waals surface area contributed by atoms with Gasteiger partial charge in [-0.15, -0.1) is 24.0 Å². The van der Waals surface area contributed by atoms with E-state index in [1.54, 1.807) is 0 Å². The van der Waals surface area contributed by atoms with Crippen molar-refractivity contribution in [1.29, 1.82) is 0 Å². The molecule has 0 spiro atoms. The van der Waals surface area contributed by atoms with Crippen LogP contribution in [0.15, 0.2) is 59.6 Å². The number of hydrogen-bond donors (Lipinski definition) is 2. The topological polar surface area (TPSA) is 48.9 Å². The normalized spacial score (nSPS) is 18.8. The number of nitrogens with one attached hydrogen (secondary N) is 2. The highest BCUT2D eigenvalue weighted by atomic mass is 127. The van der Waals surface area contributed by atoms with Gasteiger partial charge in [-0.1, -0.05) is 48.5 Å². The zero-order chi connectivity index (χ0) is 20.8. The van der Waals surface area contributed by atoms with Crippen LogP contribution in [0.1, 0.15) is 43.9 Å². The van der Waals surface area contributed by atoms with Crippen molar-refractivity contribution in [2.75, 3.05) is 37.7 Å². The summed E-state index contributed by atoms with van der Waals surface area (Å²) < 4.78 is 5.70. The standard InChI is InChI=1S/C25H34N4O.HI/c1-3-26-24(29-16-13-22-11-7-8-12-23(22)29)27-19-25(14-17-30-18-15-25)28-20(2)21-9-5-4-6-10-21;/h4-12,20,28H,3,13-19H2,1-2H3,(H,26,27);1H.